The minimum Gasteiger partial charge on any atom is -0.504 e. The molecule has 4 nitrogen and oxygen atoms in total. The lowest BCUT2D eigenvalue weighted by molar-refractivity contribution is 0.0208. The van der Waals surface area contributed by atoms with Crippen LogP contribution in [0.1, 0.15) is 18.4 Å². The lowest BCUT2D eigenvalue weighted by Gasteiger charge is -2.42. The number of methoxy groups -OCH3 is 1. The summed E-state index contributed by atoms with van der Waals surface area (Å²) in [5.41, 5.74) is 6.41. The molecule has 0 radical (unpaired) electrons. The largest absolute Gasteiger partial charge is 0.504 e. The van der Waals surface area contributed by atoms with E-state index in [9.17, 15) is 10.2 Å². The number of aliphatic hydroxyl groups excluding tert-OH is 1. The van der Waals surface area contributed by atoms with Crippen molar-refractivity contribution in [3.05, 3.63) is 23.8 Å². The minimum atomic E-state index is -0.497. The van der Waals surface area contributed by atoms with Crippen LogP contribution >= 0.6 is 0 Å². The molecule has 1 aliphatic rings. The summed E-state index contributed by atoms with van der Waals surface area (Å²) in [4.78, 5) is 0. The van der Waals surface area contributed by atoms with Gasteiger partial charge in [0.2, 0.25) is 0 Å². The van der Waals surface area contributed by atoms with Crippen molar-refractivity contribution >= 4 is 0 Å². The van der Waals surface area contributed by atoms with Gasteiger partial charge < -0.3 is 20.7 Å². The lowest BCUT2D eigenvalue weighted by atomic mass is 9.70. The number of benzene rings is 1. The molecule has 2 rings (SSSR count). The maximum atomic E-state index is 9.60. The maximum Gasteiger partial charge on any atom is 0.160 e. The van der Waals surface area contributed by atoms with Crippen LogP contribution in [-0.4, -0.2) is 23.4 Å². The Balaban J connectivity index is 2.27. The first kappa shape index (κ1) is 10.3. The Morgan fingerprint density at radius 3 is 2.60 bits per heavy atom. The van der Waals surface area contributed by atoms with Gasteiger partial charge in [0.25, 0.3) is 0 Å². The van der Waals surface area contributed by atoms with Crippen molar-refractivity contribution in [2.45, 2.75) is 24.5 Å². The molecule has 15 heavy (non-hydrogen) atoms. The molecule has 0 spiro atoms. The summed E-state index contributed by atoms with van der Waals surface area (Å²) >= 11 is 0. The van der Waals surface area contributed by atoms with Crippen molar-refractivity contribution < 1.29 is 14.9 Å². The molecule has 1 aliphatic carbocycles. The van der Waals surface area contributed by atoms with E-state index < -0.39 is 5.54 Å². The van der Waals surface area contributed by atoms with E-state index in [1.807, 2.05) is 6.07 Å². The van der Waals surface area contributed by atoms with Crippen molar-refractivity contribution in [2.24, 2.45) is 5.73 Å². The summed E-state index contributed by atoms with van der Waals surface area (Å²) in [6.45, 7) is 0. The normalized spacial score (nSPS) is 29.7. The minimum absolute atomic E-state index is 0.0845. The molecule has 0 saturated heterocycles. The van der Waals surface area contributed by atoms with Crippen LogP contribution in [0.3, 0.4) is 0 Å². The van der Waals surface area contributed by atoms with Crippen LogP contribution in [-0.2, 0) is 5.54 Å². The molecule has 0 bridgehead atoms. The summed E-state index contributed by atoms with van der Waals surface area (Å²) in [5.74, 6) is 0.517. The molecule has 0 heterocycles. The third-order valence-corrected chi connectivity index (χ3v) is 2.95. The average molecular weight is 209 g/mol. The van der Waals surface area contributed by atoms with Crippen LogP contribution in [0.2, 0.25) is 0 Å². The molecule has 0 amide bonds. The van der Waals surface area contributed by atoms with E-state index in [0.29, 0.717) is 18.6 Å². The van der Waals surface area contributed by atoms with Gasteiger partial charge >= 0.3 is 0 Å². The lowest BCUT2D eigenvalue weighted by Crippen LogP contribution is -2.51. The molecule has 0 aliphatic heterocycles. The molecule has 0 aromatic heterocycles. The van der Waals surface area contributed by atoms with Gasteiger partial charge in [0.1, 0.15) is 0 Å². The van der Waals surface area contributed by atoms with E-state index in [0.717, 1.165) is 5.56 Å². The van der Waals surface area contributed by atoms with Gasteiger partial charge in [-0.25, -0.2) is 0 Å². The summed E-state index contributed by atoms with van der Waals surface area (Å²) in [6.07, 6.45) is 0.761. The van der Waals surface area contributed by atoms with Gasteiger partial charge in [-0.3, -0.25) is 0 Å². The van der Waals surface area contributed by atoms with Gasteiger partial charge in [-0.05, 0) is 30.5 Å². The number of phenols is 1. The monoisotopic (exact) mass is 209 g/mol. The Morgan fingerprint density at radius 2 is 2.13 bits per heavy atom. The second-order valence-electron chi connectivity index (χ2n) is 4.10. The van der Waals surface area contributed by atoms with Crippen molar-refractivity contribution in [3.63, 3.8) is 0 Å². The van der Waals surface area contributed by atoms with Crippen molar-refractivity contribution in [2.75, 3.05) is 7.11 Å². The number of ether oxygens (including phenoxy) is 1. The standard InChI is InChI=1S/C11H15NO3/c1-15-10-3-2-7(4-9(10)14)11(12)5-8(13)6-11/h2-4,8,13-14H,5-6,12H2,1H3. The van der Waals surface area contributed by atoms with Gasteiger partial charge in [0.05, 0.1) is 13.2 Å². The van der Waals surface area contributed by atoms with Gasteiger partial charge in [0, 0.05) is 5.54 Å². The zero-order valence-corrected chi connectivity index (χ0v) is 8.60. The molecule has 1 saturated carbocycles. The zero-order valence-electron chi connectivity index (χ0n) is 8.60. The SMILES string of the molecule is COc1ccc(C2(N)CC(O)C2)cc1O. The second-order valence-corrected chi connectivity index (χ2v) is 4.10. The van der Waals surface area contributed by atoms with Crippen LogP contribution in [0.15, 0.2) is 18.2 Å². The first-order valence-corrected chi connectivity index (χ1v) is 4.89. The fourth-order valence-electron chi connectivity index (χ4n) is 2.02. The predicted octanol–water partition coefficient (Wildman–Crippen LogP) is 0.710. The third-order valence-electron chi connectivity index (χ3n) is 2.95. The molecule has 1 aromatic carbocycles. The van der Waals surface area contributed by atoms with Gasteiger partial charge in [-0.15, -0.1) is 0 Å². The van der Waals surface area contributed by atoms with Crippen LogP contribution in [0.5, 0.6) is 11.5 Å². The van der Waals surface area contributed by atoms with Gasteiger partial charge in [0.15, 0.2) is 11.5 Å². The Labute approximate surface area is 88.3 Å². The number of hydrogen-bond donors (Lipinski definition) is 3. The smallest absolute Gasteiger partial charge is 0.160 e. The van der Waals surface area contributed by atoms with Crippen LogP contribution < -0.4 is 10.5 Å². The second kappa shape index (κ2) is 3.40. The molecule has 1 aromatic rings. The molecular formula is C11H15NO3. The van der Waals surface area contributed by atoms with E-state index in [1.165, 1.54) is 7.11 Å². The van der Waals surface area contributed by atoms with Crippen LogP contribution in [0, 0.1) is 0 Å². The highest BCUT2D eigenvalue weighted by Gasteiger charge is 2.41. The van der Waals surface area contributed by atoms with E-state index in [-0.39, 0.29) is 11.9 Å². The Bertz CT molecular complexity index is 372. The molecule has 4 heteroatoms. The van der Waals surface area contributed by atoms with Gasteiger partial charge in [-0.2, -0.15) is 0 Å². The van der Waals surface area contributed by atoms with Crippen LogP contribution in [0.4, 0.5) is 0 Å². The molecule has 1 fully saturated rings. The van der Waals surface area contributed by atoms with Crippen molar-refractivity contribution in [1.29, 1.82) is 0 Å². The van der Waals surface area contributed by atoms with E-state index in [1.54, 1.807) is 12.1 Å². The fourth-order valence-corrected chi connectivity index (χ4v) is 2.02. The molecule has 82 valence electrons. The van der Waals surface area contributed by atoms with Gasteiger partial charge in [-0.1, -0.05) is 6.07 Å². The molecular weight excluding hydrogens is 194 g/mol. The van der Waals surface area contributed by atoms with E-state index in [2.05, 4.69) is 0 Å². The summed E-state index contributed by atoms with van der Waals surface area (Å²) < 4.78 is 4.95. The quantitative estimate of drug-likeness (QED) is 0.670. The highest BCUT2D eigenvalue weighted by molar-refractivity contribution is 5.44. The highest BCUT2D eigenvalue weighted by Crippen LogP contribution is 2.41. The molecule has 0 unspecified atom stereocenters. The topological polar surface area (TPSA) is 75.7 Å². The Hall–Kier alpha value is -1.26. The zero-order chi connectivity index (χ0) is 11.1. The van der Waals surface area contributed by atoms with Crippen LogP contribution in [0.25, 0.3) is 0 Å². The number of nitrogens with two attached hydrogens (primary N) is 1. The van der Waals surface area contributed by atoms with Crippen molar-refractivity contribution in [3.8, 4) is 11.5 Å². The Morgan fingerprint density at radius 1 is 1.47 bits per heavy atom. The van der Waals surface area contributed by atoms with E-state index >= 15 is 0 Å². The number of phenolic OH excluding ortho intramolecular Hbond substituents is 1. The first-order valence-electron chi connectivity index (χ1n) is 4.89. The van der Waals surface area contributed by atoms with E-state index in [4.69, 9.17) is 10.5 Å². The first-order chi connectivity index (χ1) is 7.05. The Kier molecular flexibility index (Phi) is 2.32. The highest BCUT2D eigenvalue weighted by atomic mass is 16.5. The predicted molar refractivity (Wildman–Crippen MR) is 55.8 cm³/mol. The summed E-state index contributed by atoms with van der Waals surface area (Å²) in [5, 5.41) is 18.8. The molecule has 0 atom stereocenters. The summed E-state index contributed by atoms with van der Waals surface area (Å²) in [7, 11) is 1.50. The number of aromatic hydroxyl groups is 1. The summed E-state index contributed by atoms with van der Waals surface area (Å²) in [6, 6.07) is 5.11. The molecule has 4 N–H and O–H groups in total. The maximum absolute atomic E-state index is 9.60. The third kappa shape index (κ3) is 1.66. The average Bonchev–Trinajstić information content (AvgIpc) is 2.15. The number of rotatable bonds is 2. The number of aliphatic hydroxyl groups is 1. The van der Waals surface area contributed by atoms with Crippen molar-refractivity contribution in [1.82, 2.24) is 0 Å². The fraction of sp³-hybridized carbons (Fsp3) is 0.455. The number of hydrogen-bond acceptors (Lipinski definition) is 4.